The molecule has 0 aromatic heterocycles. The summed E-state index contributed by atoms with van der Waals surface area (Å²) in [6.45, 7) is 6.91. The molecule has 2 heterocycles. The molecule has 0 saturated carbocycles. The van der Waals surface area contributed by atoms with Gasteiger partial charge in [0.25, 0.3) is 0 Å². The first-order valence-electron chi connectivity index (χ1n) is 7.75. The Labute approximate surface area is 121 Å². The van der Waals surface area contributed by atoms with Crippen LogP contribution in [-0.4, -0.2) is 38.9 Å². The summed E-state index contributed by atoms with van der Waals surface area (Å²) in [7, 11) is 0. The minimum absolute atomic E-state index is 0.602. The van der Waals surface area contributed by atoms with E-state index in [9.17, 15) is 0 Å². The maximum Gasteiger partial charge on any atom is 0.163 e. The molecule has 0 aliphatic carbocycles. The highest BCUT2D eigenvalue weighted by Crippen LogP contribution is 2.34. The molecular formula is C16H24N2O2. The normalized spacial score (nSPS) is 22.4. The molecule has 4 heteroatoms. The minimum Gasteiger partial charge on any atom is -0.490 e. The molecule has 0 amide bonds. The van der Waals surface area contributed by atoms with Crippen LogP contribution in [0.5, 0.6) is 11.5 Å². The van der Waals surface area contributed by atoms with Crippen LogP contribution < -0.4 is 19.7 Å². The van der Waals surface area contributed by atoms with Gasteiger partial charge in [-0.25, -0.2) is 0 Å². The van der Waals surface area contributed by atoms with E-state index in [2.05, 4.69) is 29.3 Å². The average molecular weight is 276 g/mol. The van der Waals surface area contributed by atoms with E-state index in [0.717, 1.165) is 50.8 Å². The fourth-order valence-electron chi connectivity index (χ4n) is 3.02. The highest BCUT2D eigenvalue weighted by molar-refractivity contribution is 5.57. The van der Waals surface area contributed by atoms with Crippen LogP contribution >= 0.6 is 0 Å². The van der Waals surface area contributed by atoms with Crippen molar-refractivity contribution in [1.29, 1.82) is 0 Å². The molecule has 3 rings (SSSR count). The smallest absolute Gasteiger partial charge is 0.163 e. The van der Waals surface area contributed by atoms with Crippen molar-refractivity contribution in [3.8, 4) is 11.5 Å². The molecular weight excluding hydrogens is 252 g/mol. The van der Waals surface area contributed by atoms with Gasteiger partial charge < -0.3 is 19.7 Å². The lowest BCUT2D eigenvalue weighted by Crippen LogP contribution is -2.45. The van der Waals surface area contributed by atoms with Gasteiger partial charge in [0.15, 0.2) is 11.5 Å². The molecule has 0 spiro atoms. The Morgan fingerprint density at radius 3 is 2.90 bits per heavy atom. The first-order valence-corrected chi connectivity index (χ1v) is 7.75. The van der Waals surface area contributed by atoms with Gasteiger partial charge in [0.2, 0.25) is 0 Å². The van der Waals surface area contributed by atoms with Crippen molar-refractivity contribution < 1.29 is 9.47 Å². The van der Waals surface area contributed by atoms with Crippen molar-refractivity contribution in [1.82, 2.24) is 5.32 Å². The third-order valence-electron chi connectivity index (χ3n) is 4.01. The number of piperidine rings is 1. The van der Waals surface area contributed by atoms with E-state index in [-0.39, 0.29) is 0 Å². The lowest BCUT2D eigenvalue weighted by atomic mass is 10.0. The van der Waals surface area contributed by atoms with Crippen molar-refractivity contribution in [2.75, 3.05) is 37.7 Å². The summed E-state index contributed by atoms with van der Waals surface area (Å²) >= 11 is 0. The zero-order valence-corrected chi connectivity index (χ0v) is 12.2. The number of hydrogen-bond donors (Lipinski definition) is 1. The molecule has 1 fully saturated rings. The molecule has 20 heavy (non-hydrogen) atoms. The highest BCUT2D eigenvalue weighted by Gasteiger charge is 2.20. The molecule has 1 aromatic carbocycles. The first kappa shape index (κ1) is 13.6. The van der Waals surface area contributed by atoms with E-state index in [0.29, 0.717) is 6.04 Å². The molecule has 2 aliphatic rings. The van der Waals surface area contributed by atoms with Crippen molar-refractivity contribution in [2.45, 2.75) is 32.2 Å². The second-order valence-corrected chi connectivity index (χ2v) is 5.52. The topological polar surface area (TPSA) is 33.7 Å². The standard InChI is InChI=1S/C16H24N2O2/c1-2-17-13-5-3-8-18(12-13)14-6-7-15-16(11-14)20-10-4-9-19-15/h6-7,11,13,17H,2-5,8-10,12H2,1H3. The van der Waals surface area contributed by atoms with Crippen LogP contribution in [-0.2, 0) is 0 Å². The monoisotopic (exact) mass is 276 g/mol. The molecule has 0 radical (unpaired) electrons. The Kier molecular flexibility index (Phi) is 4.31. The van der Waals surface area contributed by atoms with Crippen LogP contribution in [0.3, 0.4) is 0 Å². The van der Waals surface area contributed by atoms with Gasteiger partial charge >= 0.3 is 0 Å². The number of nitrogens with zero attached hydrogens (tertiary/aromatic N) is 1. The Hall–Kier alpha value is -1.42. The van der Waals surface area contributed by atoms with Crippen LogP contribution in [0.4, 0.5) is 5.69 Å². The Balaban J connectivity index is 1.74. The predicted octanol–water partition coefficient (Wildman–Crippen LogP) is 2.43. The summed E-state index contributed by atoms with van der Waals surface area (Å²) < 4.78 is 11.5. The zero-order chi connectivity index (χ0) is 13.8. The maximum absolute atomic E-state index is 5.79. The van der Waals surface area contributed by atoms with Crippen molar-refractivity contribution in [3.63, 3.8) is 0 Å². The predicted molar refractivity (Wildman–Crippen MR) is 81.0 cm³/mol. The van der Waals surface area contributed by atoms with Crippen LogP contribution in [0.2, 0.25) is 0 Å². The van der Waals surface area contributed by atoms with Gasteiger partial charge in [-0.05, 0) is 31.5 Å². The van der Waals surface area contributed by atoms with Gasteiger partial charge in [0.05, 0.1) is 13.2 Å². The molecule has 1 unspecified atom stereocenters. The Morgan fingerprint density at radius 1 is 1.20 bits per heavy atom. The van der Waals surface area contributed by atoms with Gasteiger partial charge in [-0.1, -0.05) is 6.92 Å². The zero-order valence-electron chi connectivity index (χ0n) is 12.2. The Morgan fingerprint density at radius 2 is 2.05 bits per heavy atom. The van der Waals surface area contributed by atoms with Crippen LogP contribution in [0.25, 0.3) is 0 Å². The lowest BCUT2D eigenvalue weighted by Gasteiger charge is -2.35. The molecule has 1 aromatic rings. The highest BCUT2D eigenvalue weighted by atomic mass is 16.5. The number of rotatable bonds is 3. The molecule has 1 saturated heterocycles. The van der Waals surface area contributed by atoms with Gasteiger partial charge in [-0.15, -0.1) is 0 Å². The summed E-state index contributed by atoms with van der Waals surface area (Å²) in [5, 5.41) is 3.56. The number of hydrogen-bond acceptors (Lipinski definition) is 4. The van der Waals surface area contributed by atoms with E-state index in [4.69, 9.17) is 9.47 Å². The fourth-order valence-corrected chi connectivity index (χ4v) is 3.02. The summed E-state index contributed by atoms with van der Waals surface area (Å²) in [6, 6.07) is 6.94. The third-order valence-corrected chi connectivity index (χ3v) is 4.01. The number of benzene rings is 1. The molecule has 110 valence electrons. The van der Waals surface area contributed by atoms with E-state index in [1.165, 1.54) is 18.5 Å². The summed E-state index contributed by atoms with van der Waals surface area (Å²) in [5.74, 6) is 1.78. The quantitative estimate of drug-likeness (QED) is 0.919. The minimum atomic E-state index is 0.602. The van der Waals surface area contributed by atoms with Crippen LogP contribution in [0.15, 0.2) is 18.2 Å². The van der Waals surface area contributed by atoms with Gasteiger partial charge in [0, 0.05) is 37.3 Å². The fraction of sp³-hybridized carbons (Fsp3) is 0.625. The molecule has 4 nitrogen and oxygen atoms in total. The average Bonchev–Trinajstić information content (AvgIpc) is 2.72. The van der Waals surface area contributed by atoms with E-state index < -0.39 is 0 Å². The summed E-state index contributed by atoms with van der Waals surface area (Å²) in [5.41, 5.74) is 1.25. The van der Waals surface area contributed by atoms with Crippen LogP contribution in [0.1, 0.15) is 26.2 Å². The summed E-state index contributed by atoms with van der Waals surface area (Å²) in [4.78, 5) is 2.45. The second kappa shape index (κ2) is 6.35. The largest absolute Gasteiger partial charge is 0.490 e. The van der Waals surface area contributed by atoms with Crippen molar-refractivity contribution in [2.24, 2.45) is 0 Å². The number of ether oxygens (including phenoxy) is 2. The number of fused-ring (bicyclic) bond motifs is 1. The van der Waals surface area contributed by atoms with Crippen molar-refractivity contribution in [3.05, 3.63) is 18.2 Å². The molecule has 2 aliphatic heterocycles. The third kappa shape index (κ3) is 3.01. The summed E-state index contributed by atoms with van der Waals surface area (Å²) in [6.07, 6.45) is 3.47. The van der Waals surface area contributed by atoms with E-state index in [1.807, 2.05) is 6.07 Å². The second-order valence-electron chi connectivity index (χ2n) is 5.52. The van der Waals surface area contributed by atoms with Crippen LogP contribution in [0, 0.1) is 0 Å². The number of anilines is 1. The lowest BCUT2D eigenvalue weighted by molar-refractivity contribution is 0.297. The Bertz CT molecular complexity index is 448. The van der Waals surface area contributed by atoms with Gasteiger partial charge in [-0.2, -0.15) is 0 Å². The van der Waals surface area contributed by atoms with Gasteiger partial charge in [0.1, 0.15) is 0 Å². The first-order chi connectivity index (χ1) is 9.86. The molecule has 0 bridgehead atoms. The number of nitrogens with one attached hydrogen (secondary N) is 1. The van der Waals surface area contributed by atoms with Crippen molar-refractivity contribution >= 4 is 5.69 Å². The van der Waals surface area contributed by atoms with E-state index in [1.54, 1.807) is 0 Å². The maximum atomic E-state index is 5.79. The molecule has 1 atom stereocenters. The number of likely N-dealkylation sites (N-methyl/N-ethyl adjacent to an activating group) is 1. The molecule has 1 N–H and O–H groups in total. The van der Waals surface area contributed by atoms with Gasteiger partial charge in [-0.3, -0.25) is 0 Å². The SMILES string of the molecule is CCNC1CCCN(c2ccc3c(c2)OCCCO3)C1. The van der Waals surface area contributed by atoms with E-state index >= 15 is 0 Å².